The summed E-state index contributed by atoms with van der Waals surface area (Å²) in [5.41, 5.74) is 8.23. The maximum absolute atomic E-state index is 9.58. The van der Waals surface area contributed by atoms with Crippen molar-refractivity contribution < 1.29 is 5.11 Å². The summed E-state index contributed by atoms with van der Waals surface area (Å²) in [5, 5.41) is 9.58. The number of hydrogen-bond acceptors (Lipinski definition) is 2. The second-order valence-electron chi connectivity index (χ2n) is 3.47. The third kappa shape index (κ3) is 1.64. The lowest BCUT2D eigenvalue weighted by molar-refractivity contribution is 0.128. The van der Waals surface area contributed by atoms with Gasteiger partial charge in [-0.3, -0.25) is 0 Å². The van der Waals surface area contributed by atoms with Crippen LogP contribution in [0.3, 0.4) is 0 Å². The van der Waals surface area contributed by atoms with E-state index in [4.69, 9.17) is 5.73 Å². The molecule has 1 aliphatic carbocycles. The smallest absolute Gasteiger partial charge is 0.0736 e. The highest BCUT2D eigenvalue weighted by Crippen LogP contribution is 2.30. The van der Waals surface area contributed by atoms with Crippen molar-refractivity contribution in [1.29, 1.82) is 0 Å². The number of aryl methyl sites for hydroxylation is 1. The third-order valence-corrected chi connectivity index (χ3v) is 3.08. The van der Waals surface area contributed by atoms with Crippen LogP contribution in [0.4, 0.5) is 0 Å². The molecule has 0 amide bonds. The molecule has 0 spiro atoms. The maximum atomic E-state index is 9.58. The van der Waals surface area contributed by atoms with Crippen molar-refractivity contribution in [2.75, 3.05) is 0 Å². The molecule has 1 aliphatic rings. The van der Waals surface area contributed by atoms with Crippen molar-refractivity contribution in [1.82, 2.24) is 0 Å². The Morgan fingerprint density at radius 3 is 3.00 bits per heavy atom. The molecule has 3 heteroatoms. The number of aliphatic hydroxyl groups excluding tert-OH is 1. The minimum atomic E-state index is -0.387. The average Bonchev–Trinajstić information content (AvgIpc) is 2.12. The summed E-state index contributed by atoms with van der Waals surface area (Å²) in [6.45, 7) is 0. The molecule has 13 heavy (non-hydrogen) atoms. The van der Waals surface area contributed by atoms with E-state index in [-0.39, 0.29) is 12.1 Å². The van der Waals surface area contributed by atoms with Gasteiger partial charge in [0.25, 0.3) is 0 Å². The molecule has 0 fully saturated rings. The average molecular weight is 242 g/mol. The Bertz CT molecular complexity index is 327. The van der Waals surface area contributed by atoms with E-state index < -0.39 is 0 Å². The van der Waals surface area contributed by atoms with Gasteiger partial charge in [0.15, 0.2) is 0 Å². The molecule has 0 heterocycles. The number of aliphatic hydroxyl groups is 1. The van der Waals surface area contributed by atoms with Crippen LogP contribution in [0.15, 0.2) is 22.7 Å². The van der Waals surface area contributed by atoms with Crippen LogP contribution in [-0.2, 0) is 6.42 Å². The molecule has 2 nitrogen and oxygen atoms in total. The van der Waals surface area contributed by atoms with Gasteiger partial charge in [-0.15, -0.1) is 0 Å². The summed E-state index contributed by atoms with van der Waals surface area (Å²) in [7, 11) is 0. The third-order valence-electron chi connectivity index (χ3n) is 2.59. The van der Waals surface area contributed by atoms with Gasteiger partial charge in [-0.2, -0.15) is 0 Å². The molecule has 2 atom stereocenters. The highest BCUT2D eigenvalue weighted by Gasteiger charge is 2.24. The largest absolute Gasteiger partial charge is 0.391 e. The standard InChI is InChI=1S/C10H12BrNO/c11-7-3-1-6-2-4-9(13)10(12)8(6)5-7/h1,3,5,9-10,13H,2,4,12H2/t9-,10+/m0/s1. The van der Waals surface area contributed by atoms with E-state index in [9.17, 15) is 5.11 Å². The number of hydrogen-bond donors (Lipinski definition) is 2. The van der Waals surface area contributed by atoms with Crippen LogP contribution in [0.2, 0.25) is 0 Å². The summed E-state index contributed by atoms with van der Waals surface area (Å²) < 4.78 is 1.02. The molecular formula is C10H12BrNO. The van der Waals surface area contributed by atoms with Crippen molar-refractivity contribution in [3.63, 3.8) is 0 Å². The zero-order chi connectivity index (χ0) is 9.42. The van der Waals surface area contributed by atoms with Gasteiger partial charge < -0.3 is 10.8 Å². The first-order valence-corrected chi connectivity index (χ1v) is 5.20. The van der Waals surface area contributed by atoms with Gasteiger partial charge in [0, 0.05) is 4.47 Å². The first kappa shape index (κ1) is 9.19. The highest BCUT2D eigenvalue weighted by atomic mass is 79.9. The van der Waals surface area contributed by atoms with E-state index in [1.807, 2.05) is 12.1 Å². The van der Waals surface area contributed by atoms with E-state index in [0.29, 0.717) is 0 Å². The monoisotopic (exact) mass is 241 g/mol. The van der Waals surface area contributed by atoms with E-state index in [2.05, 4.69) is 22.0 Å². The first-order valence-electron chi connectivity index (χ1n) is 4.40. The molecular weight excluding hydrogens is 230 g/mol. The van der Waals surface area contributed by atoms with Crippen molar-refractivity contribution >= 4 is 15.9 Å². The molecule has 0 saturated carbocycles. The van der Waals surface area contributed by atoms with Gasteiger partial charge in [0.05, 0.1) is 12.1 Å². The van der Waals surface area contributed by atoms with Crippen molar-refractivity contribution in [3.8, 4) is 0 Å². The summed E-state index contributed by atoms with van der Waals surface area (Å²) in [6, 6.07) is 5.87. The molecule has 1 aromatic carbocycles. The molecule has 0 saturated heterocycles. The summed E-state index contributed by atoms with van der Waals surface area (Å²) in [4.78, 5) is 0. The fourth-order valence-corrected chi connectivity index (χ4v) is 2.17. The number of rotatable bonds is 0. The number of halogens is 1. The van der Waals surface area contributed by atoms with Crippen LogP contribution in [-0.4, -0.2) is 11.2 Å². The Labute approximate surface area is 85.9 Å². The topological polar surface area (TPSA) is 46.2 Å². The van der Waals surface area contributed by atoms with Crippen LogP contribution in [0.1, 0.15) is 23.6 Å². The quantitative estimate of drug-likeness (QED) is 0.728. The second kappa shape index (κ2) is 3.40. The molecule has 0 aliphatic heterocycles. The molecule has 0 bridgehead atoms. The Morgan fingerprint density at radius 1 is 1.46 bits per heavy atom. The lowest BCUT2D eigenvalue weighted by atomic mass is 9.86. The van der Waals surface area contributed by atoms with E-state index >= 15 is 0 Å². The van der Waals surface area contributed by atoms with Crippen LogP contribution in [0.25, 0.3) is 0 Å². The minimum Gasteiger partial charge on any atom is -0.391 e. The summed E-state index contributed by atoms with van der Waals surface area (Å²) in [5.74, 6) is 0. The van der Waals surface area contributed by atoms with Gasteiger partial charge in [0.1, 0.15) is 0 Å². The van der Waals surface area contributed by atoms with Gasteiger partial charge in [-0.1, -0.05) is 22.0 Å². The lowest BCUT2D eigenvalue weighted by Gasteiger charge is -2.27. The van der Waals surface area contributed by atoms with Gasteiger partial charge in [0.2, 0.25) is 0 Å². The van der Waals surface area contributed by atoms with Crippen LogP contribution >= 0.6 is 15.9 Å². The van der Waals surface area contributed by atoms with Gasteiger partial charge >= 0.3 is 0 Å². The predicted molar refractivity (Wildman–Crippen MR) is 55.4 cm³/mol. The SMILES string of the molecule is N[C@@H]1c2cc(Br)ccc2CC[C@@H]1O. The fraction of sp³-hybridized carbons (Fsp3) is 0.400. The van der Waals surface area contributed by atoms with Crippen molar-refractivity contribution in [2.45, 2.75) is 25.0 Å². The Balaban J connectivity index is 2.45. The zero-order valence-corrected chi connectivity index (χ0v) is 8.79. The fourth-order valence-electron chi connectivity index (χ4n) is 1.79. The minimum absolute atomic E-state index is 0.221. The summed E-state index contributed by atoms with van der Waals surface area (Å²) in [6.07, 6.45) is 1.31. The second-order valence-corrected chi connectivity index (χ2v) is 4.39. The Kier molecular flexibility index (Phi) is 2.41. The summed E-state index contributed by atoms with van der Waals surface area (Å²) >= 11 is 3.40. The first-order chi connectivity index (χ1) is 6.18. The molecule has 70 valence electrons. The molecule has 2 rings (SSSR count). The van der Waals surface area contributed by atoms with Crippen molar-refractivity contribution in [3.05, 3.63) is 33.8 Å². The van der Waals surface area contributed by atoms with Crippen LogP contribution in [0, 0.1) is 0 Å². The van der Waals surface area contributed by atoms with Crippen LogP contribution < -0.4 is 5.73 Å². The van der Waals surface area contributed by atoms with Crippen molar-refractivity contribution in [2.24, 2.45) is 5.73 Å². The zero-order valence-electron chi connectivity index (χ0n) is 7.20. The maximum Gasteiger partial charge on any atom is 0.0736 e. The lowest BCUT2D eigenvalue weighted by Crippen LogP contribution is -2.31. The Morgan fingerprint density at radius 2 is 2.23 bits per heavy atom. The van der Waals surface area contributed by atoms with E-state index in [0.717, 1.165) is 22.9 Å². The van der Waals surface area contributed by atoms with E-state index in [1.165, 1.54) is 5.56 Å². The number of nitrogens with two attached hydrogens (primary N) is 1. The normalized spacial score (nSPS) is 27.0. The highest BCUT2D eigenvalue weighted by molar-refractivity contribution is 9.10. The number of benzene rings is 1. The number of fused-ring (bicyclic) bond motifs is 1. The van der Waals surface area contributed by atoms with Crippen LogP contribution in [0.5, 0.6) is 0 Å². The molecule has 0 radical (unpaired) electrons. The molecule has 1 aromatic rings. The molecule has 0 unspecified atom stereocenters. The van der Waals surface area contributed by atoms with Gasteiger partial charge in [-0.05, 0) is 36.1 Å². The molecule has 0 aromatic heterocycles. The van der Waals surface area contributed by atoms with Gasteiger partial charge in [-0.25, -0.2) is 0 Å². The molecule has 3 N–H and O–H groups in total. The Hall–Kier alpha value is -0.380. The predicted octanol–water partition coefficient (Wildman–Crippen LogP) is 1.76. The van der Waals surface area contributed by atoms with E-state index in [1.54, 1.807) is 0 Å².